The summed E-state index contributed by atoms with van der Waals surface area (Å²) in [6.07, 6.45) is 6.95. The monoisotopic (exact) mass is 221 g/mol. The summed E-state index contributed by atoms with van der Waals surface area (Å²) in [4.78, 5) is 19.2. The van der Waals surface area contributed by atoms with Crippen molar-refractivity contribution < 1.29 is 9.90 Å². The van der Waals surface area contributed by atoms with Gasteiger partial charge >= 0.3 is 5.97 Å². The topological polar surface area (TPSA) is 75.1 Å². The first-order valence-electron chi connectivity index (χ1n) is 5.54. The molecule has 5 nitrogen and oxygen atoms in total. The van der Waals surface area contributed by atoms with E-state index in [9.17, 15) is 4.79 Å². The van der Waals surface area contributed by atoms with Crippen LogP contribution in [0.4, 0.5) is 5.95 Å². The maximum Gasteiger partial charge on any atom is 0.308 e. The zero-order chi connectivity index (χ0) is 11.4. The van der Waals surface area contributed by atoms with Crippen LogP contribution in [0.2, 0.25) is 0 Å². The highest BCUT2D eigenvalue weighted by Crippen LogP contribution is 2.26. The summed E-state index contributed by atoms with van der Waals surface area (Å²) in [5.41, 5.74) is 0. The highest BCUT2D eigenvalue weighted by Gasteiger charge is 2.30. The van der Waals surface area contributed by atoms with Crippen molar-refractivity contribution in [2.75, 3.05) is 5.32 Å². The fraction of sp³-hybridized carbons (Fsp3) is 0.545. The predicted molar refractivity (Wildman–Crippen MR) is 59.0 cm³/mol. The lowest BCUT2D eigenvalue weighted by Gasteiger charge is -2.29. The second-order valence-electron chi connectivity index (χ2n) is 4.05. The van der Waals surface area contributed by atoms with Crippen molar-refractivity contribution in [2.24, 2.45) is 5.92 Å². The van der Waals surface area contributed by atoms with Crippen molar-refractivity contribution in [3.05, 3.63) is 18.5 Å². The Morgan fingerprint density at radius 1 is 1.31 bits per heavy atom. The molecule has 2 rings (SSSR count). The maximum atomic E-state index is 11.1. The molecular weight excluding hydrogens is 206 g/mol. The fourth-order valence-corrected chi connectivity index (χ4v) is 2.14. The zero-order valence-electron chi connectivity index (χ0n) is 8.97. The Labute approximate surface area is 93.9 Å². The van der Waals surface area contributed by atoms with E-state index in [0.29, 0.717) is 5.95 Å². The van der Waals surface area contributed by atoms with Gasteiger partial charge in [0.2, 0.25) is 5.95 Å². The van der Waals surface area contributed by atoms with Gasteiger partial charge in [-0.1, -0.05) is 12.8 Å². The van der Waals surface area contributed by atoms with Crippen molar-refractivity contribution >= 4 is 11.9 Å². The summed E-state index contributed by atoms with van der Waals surface area (Å²) in [6, 6.07) is 1.69. The molecule has 0 aliphatic heterocycles. The lowest BCUT2D eigenvalue weighted by atomic mass is 9.84. The summed E-state index contributed by atoms with van der Waals surface area (Å²) in [7, 11) is 0. The number of hydrogen-bond donors (Lipinski definition) is 2. The van der Waals surface area contributed by atoms with E-state index >= 15 is 0 Å². The van der Waals surface area contributed by atoms with Crippen LogP contribution in [-0.4, -0.2) is 27.1 Å². The molecule has 1 heterocycles. The molecule has 1 aliphatic carbocycles. The van der Waals surface area contributed by atoms with Gasteiger partial charge in [-0.2, -0.15) is 0 Å². The SMILES string of the molecule is O=C(O)C1CCCCC1Nc1ncccn1. The Hall–Kier alpha value is -1.65. The molecule has 2 unspecified atom stereocenters. The molecule has 16 heavy (non-hydrogen) atoms. The molecule has 0 amide bonds. The zero-order valence-corrected chi connectivity index (χ0v) is 8.97. The summed E-state index contributed by atoms with van der Waals surface area (Å²) in [5, 5.41) is 12.2. The molecule has 1 saturated carbocycles. The van der Waals surface area contributed by atoms with E-state index in [-0.39, 0.29) is 12.0 Å². The number of nitrogens with one attached hydrogen (secondary N) is 1. The molecule has 2 N–H and O–H groups in total. The largest absolute Gasteiger partial charge is 0.481 e. The molecule has 5 heteroatoms. The van der Waals surface area contributed by atoms with Gasteiger partial charge in [0.05, 0.1) is 5.92 Å². The number of aromatic nitrogens is 2. The molecule has 1 aromatic rings. The highest BCUT2D eigenvalue weighted by atomic mass is 16.4. The Balaban J connectivity index is 2.04. The molecule has 1 aromatic heterocycles. The first-order chi connectivity index (χ1) is 7.77. The second-order valence-corrected chi connectivity index (χ2v) is 4.05. The van der Waals surface area contributed by atoms with Crippen LogP contribution in [0.5, 0.6) is 0 Å². The van der Waals surface area contributed by atoms with E-state index in [4.69, 9.17) is 5.11 Å². The van der Waals surface area contributed by atoms with Crippen LogP contribution >= 0.6 is 0 Å². The van der Waals surface area contributed by atoms with Crippen LogP contribution in [-0.2, 0) is 4.79 Å². The number of hydrogen-bond acceptors (Lipinski definition) is 4. The number of nitrogens with zero attached hydrogens (tertiary/aromatic N) is 2. The van der Waals surface area contributed by atoms with Crippen LogP contribution in [0.15, 0.2) is 18.5 Å². The van der Waals surface area contributed by atoms with Crippen molar-refractivity contribution in [1.29, 1.82) is 0 Å². The number of carboxylic acids is 1. The minimum absolute atomic E-state index is 0.0475. The standard InChI is InChI=1S/C11H15N3O2/c15-10(16)8-4-1-2-5-9(8)14-11-12-6-3-7-13-11/h3,6-9H,1-2,4-5H2,(H,15,16)(H,12,13,14). The Bertz CT molecular complexity index is 356. The average Bonchev–Trinajstić information content (AvgIpc) is 2.31. The molecule has 1 fully saturated rings. The first kappa shape index (κ1) is 10.9. The van der Waals surface area contributed by atoms with Gasteiger partial charge in [0.1, 0.15) is 0 Å². The van der Waals surface area contributed by atoms with Gasteiger partial charge in [0.15, 0.2) is 0 Å². The lowest BCUT2D eigenvalue weighted by molar-refractivity contribution is -0.143. The summed E-state index contributed by atoms with van der Waals surface area (Å²) in [5.74, 6) is -0.536. The van der Waals surface area contributed by atoms with Crippen molar-refractivity contribution in [3.63, 3.8) is 0 Å². The van der Waals surface area contributed by atoms with Gasteiger partial charge in [0.25, 0.3) is 0 Å². The van der Waals surface area contributed by atoms with Gasteiger partial charge in [-0.05, 0) is 18.9 Å². The first-order valence-corrected chi connectivity index (χ1v) is 5.54. The van der Waals surface area contributed by atoms with Gasteiger partial charge in [-0.25, -0.2) is 9.97 Å². The Kier molecular flexibility index (Phi) is 3.34. The number of carbonyl (C=O) groups is 1. The Morgan fingerprint density at radius 3 is 2.69 bits per heavy atom. The third-order valence-electron chi connectivity index (χ3n) is 2.96. The third-order valence-corrected chi connectivity index (χ3v) is 2.96. The summed E-state index contributed by atoms with van der Waals surface area (Å²) in [6.45, 7) is 0. The number of rotatable bonds is 3. The molecular formula is C11H15N3O2. The summed E-state index contributed by atoms with van der Waals surface area (Å²) >= 11 is 0. The van der Waals surface area contributed by atoms with Crippen LogP contribution in [0, 0.1) is 5.92 Å². The van der Waals surface area contributed by atoms with E-state index in [1.807, 2.05) is 0 Å². The second kappa shape index (κ2) is 4.92. The normalized spacial score (nSPS) is 25.0. The fourth-order valence-electron chi connectivity index (χ4n) is 2.14. The third kappa shape index (κ3) is 2.48. The minimum Gasteiger partial charge on any atom is -0.481 e. The maximum absolute atomic E-state index is 11.1. The van der Waals surface area contributed by atoms with E-state index in [1.54, 1.807) is 18.5 Å². The molecule has 2 atom stereocenters. The smallest absolute Gasteiger partial charge is 0.308 e. The van der Waals surface area contributed by atoms with E-state index < -0.39 is 5.97 Å². The molecule has 86 valence electrons. The minimum atomic E-state index is -0.729. The molecule has 0 saturated heterocycles. The number of aliphatic carboxylic acids is 1. The molecule has 1 aliphatic rings. The lowest BCUT2D eigenvalue weighted by Crippen LogP contribution is -2.37. The van der Waals surface area contributed by atoms with Crippen LogP contribution in [0.3, 0.4) is 0 Å². The van der Waals surface area contributed by atoms with Crippen LogP contribution < -0.4 is 5.32 Å². The van der Waals surface area contributed by atoms with Crippen molar-refractivity contribution in [3.8, 4) is 0 Å². The van der Waals surface area contributed by atoms with E-state index in [0.717, 1.165) is 25.7 Å². The highest BCUT2D eigenvalue weighted by molar-refractivity contribution is 5.71. The average molecular weight is 221 g/mol. The number of anilines is 1. The van der Waals surface area contributed by atoms with Gasteiger partial charge < -0.3 is 10.4 Å². The molecule has 0 spiro atoms. The molecule has 0 bridgehead atoms. The summed E-state index contributed by atoms with van der Waals surface area (Å²) < 4.78 is 0. The molecule has 0 aromatic carbocycles. The quantitative estimate of drug-likeness (QED) is 0.809. The van der Waals surface area contributed by atoms with Gasteiger partial charge in [-0.3, -0.25) is 4.79 Å². The van der Waals surface area contributed by atoms with Crippen LogP contribution in [0.25, 0.3) is 0 Å². The van der Waals surface area contributed by atoms with E-state index in [2.05, 4.69) is 15.3 Å². The molecule has 0 radical (unpaired) electrons. The van der Waals surface area contributed by atoms with Gasteiger partial charge in [0, 0.05) is 18.4 Å². The van der Waals surface area contributed by atoms with Gasteiger partial charge in [-0.15, -0.1) is 0 Å². The Morgan fingerprint density at radius 2 is 2.00 bits per heavy atom. The van der Waals surface area contributed by atoms with Crippen molar-refractivity contribution in [1.82, 2.24) is 9.97 Å². The number of carboxylic acid groups (broad SMARTS) is 1. The van der Waals surface area contributed by atoms with E-state index in [1.165, 1.54) is 0 Å². The van der Waals surface area contributed by atoms with Crippen LogP contribution in [0.1, 0.15) is 25.7 Å². The van der Waals surface area contributed by atoms with Crippen molar-refractivity contribution in [2.45, 2.75) is 31.7 Å². The predicted octanol–water partition coefficient (Wildman–Crippen LogP) is 1.53.